The fraction of sp³-hybridized carbons (Fsp3) is 0.200. The summed E-state index contributed by atoms with van der Waals surface area (Å²) in [5, 5.41) is 21.7. The number of carboxylic acids is 1. The van der Waals surface area contributed by atoms with Crippen molar-refractivity contribution in [2.75, 3.05) is 0 Å². The van der Waals surface area contributed by atoms with Crippen molar-refractivity contribution < 1.29 is 19.6 Å². The van der Waals surface area contributed by atoms with E-state index in [0.29, 0.717) is 0 Å². The molecule has 17 heavy (non-hydrogen) atoms. The predicted molar refractivity (Wildman–Crippen MR) is 57.3 cm³/mol. The maximum Gasteiger partial charge on any atom is 0.330 e. The van der Waals surface area contributed by atoms with Crippen LogP contribution < -0.4 is 5.32 Å². The summed E-state index contributed by atoms with van der Waals surface area (Å²) in [6.07, 6.45) is 0. The molecule has 0 radical (unpaired) electrons. The number of carbonyl (C=O) groups is 2. The first-order valence-electron chi connectivity index (χ1n) is 4.66. The lowest BCUT2D eigenvalue weighted by Crippen LogP contribution is -2.31. The fourth-order valence-electron chi connectivity index (χ4n) is 1.31. The summed E-state index contributed by atoms with van der Waals surface area (Å²) in [5.41, 5.74) is -0.0685. The van der Waals surface area contributed by atoms with E-state index in [1.165, 1.54) is 25.1 Å². The highest BCUT2D eigenvalue weighted by Gasteiger charge is 2.22. The molecule has 0 aromatic heterocycles. The van der Waals surface area contributed by atoms with E-state index in [-0.39, 0.29) is 11.3 Å². The van der Waals surface area contributed by atoms with E-state index in [0.717, 1.165) is 6.07 Å². The Morgan fingerprint density at radius 3 is 2.59 bits per heavy atom. The first-order valence-corrected chi connectivity index (χ1v) is 4.66. The topological polar surface area (TPSA) is 110 Å². The Hall–Kier alpha value is -2.44. The first kappa shape index (κ1) is 12.6. The van der Waals surface area contributed by atoms with E-state index in [1.807, 2.05) is 0 Å². The Morgan fingerprint density at radius 1 is 1.47 bits per heavy atom. The third-order valence-corrected chi connectivity index (χ3v) is 2.01. The van der Waals surface area contributed by atoms with Crippen LogP contribution in [0.5, 0.6) is 0 Å². The van der Waals surface area contributed by atoms with Crippen LogP contribution >= 0.6 is 0 Å². The molecule has 2 N–H and O–H groups in total. The van der Waals surface area contributed by atoms with Crippen molar-refractivity contribution in [1.29, 1.82) is 0 Å². The van der Waals surface area contributed by atoms with Crippen LogP contribution in [-0.2, 0) is 9.59 Å². The van der Waals surface area contributed by atoms with Gasteiger partial charge in [-0.25, -0.2) is 4.79 Å². The van der Waals surface area contributed by atoms with Gasteiger partial charge in [0.15, 0.2) is 6.04 Å². The molecule has 90 valence electrons. The van der Waals surface area contributed by atoms with Crippen LogP contribution in [0.25, 0.3) is 0 Å². The summed E-state index contributed by atoms with van der Waals surface area (Å²) >= 11 is 0. The summed E-state index contributed by atoms with van der Waals surface area (Å²) in [6, 6.07) is 3.85. The molecule has 1 aromatic rings. The molecule has 0 spiro atoms. The number of nitrogens with one attached hydrogen (secondary N) is 1. The molecule has 0 unspecified atom stereocenters. The molecular formula is C10H10N2O5. The molecule has 0 saturated heterocycles. The molecule has 1 amide bonds. The highest BCUT2D eigenvalue weighted by molar-refractivity contribution is 5.83. The van der Waals surface area contributed by atoms with E-state index in [2.05, 4.69) is 5.32 Å². The molecular weight excluding hydrogens is 228 g/mol. The van der Waals surface area contributed by atoms with E-state index < -0.39 is 22.8 Å². The van der Waals surface area contributed by atoms with Crippen molar-refractivity contribution in [2.45, 2.75) is 13.0 Å². The minimum atomic E-state index is -1.28. The minimum Gasteiger partial charge on any atom is -0.479 e. The highest BCUT2D eigenvalue weighted by Crippen LogP contribution is 2.19. The van der Waals surface area contributed by atoms with Gasteiger partial charge in [0.1, 0.15) is 0 Å². The van der Waals surface area contributed by atoms with E-state index in [9.17, 15) is 19.7 Å². The van der Waals surface area contributed by atoms with Crippen LogP contribution in [-0.4, -0.2) is 21.9 Å². The zero-order chi connectivity index (χ0) is 13.0. The van der Waals surface area contributed by atoms with Gasteiger partial charge >= 0.3 is 5.97 Å². The van der Waals surface area contributed by atoms with Gasteiger partial charge in [-0.15, -0.1) is 0 Å². The first-order chi connectivity index (χ1) is 7.91. The van der Waals surface area contributed by atoms with Crippen LogP contribution in [0.4, 0.5) is 5.69 Å². The Balaban J connectivity index is 3.10. The number of carbonyl (C=O) groups excluding carboxylic acids is 1. The number of nitro groups is 1. The maximum absolute atomic E-state index is 10.9. The van der Waals surface area contributed by atoms with Crippen molar-refractivity contribution in [3.63, 3.8) is 0 Å². The second-order valence-corrected chi connectivity index (χ2v) is 3.32. The van der Waals surface area contributed by atoms with Gasteiger partial charge in [0.2, 0.25) is 5.91 Å². The molecule has 0 saturated carbocycles. The summed E-state index contributed by atoms with van der Waals surface area (Å²) < 4.78 is 0. The number of benzene rings is 1. The fourth-order valence-corrected chi connectivity index (χ4v) is 1.31. The lowest BCUT2D eigenvalue weighted by molar-refractivity contribution is -0.384. The normalized spacial score (nSPS) is 11.6. The SMILES string of the molecule is CC(=O)N[C@@H](C(=O)O)c1cccc([N+](=O)[O-])c1. The number of hydrogen-bond donors (Lipinski definition) is 2. The van der Waals surface area contributed by atoms with Crippen LogP contribution in [0.3, 0.4) is 0 Å². The molecule has 1 rings (SSSR count). The number of non-ortho nitro benzene ring substituents is 1. The number of nitrogens with zero attached hydrogens (tertiary/aromatic N) is 1. The lowest BCUT2D eigenvalue weighted by atomic mass is 10.1. The Kier molecular flexibility index (Phi) is 3.76. The van der Waals surface area contributed by atoms with Gasteiger partial charge in [0.25, 0.3) is 5.69 Å². The lowest BCUT2D eigenvalue weighted by Gasteiger charge is -2.13. The monoisotopic (exact) mass is 238 g/mol. The Bertz CT molecular complexity index is 472. The third kappa shape index (κ3) is 3.26. The minimum absolute atomic E-state index is 0.155. The molecule has 0 bridgehead atoms. The van der Waals surface area contributed by atoms with Gasteiger partial charge in [-0.05, 0) is 5.56 Å². The zero-order valence-corrected chi connectivity index (χ0v) is 8.91. The van der Waals surface area contributed by atoms with Gasteiger partial charge < -0.3 is 10.4 Å². The predicted octanol–water partition coefficient (Wildman–Crippen LogP) is 0.857. The van der Waals surface area contributed by atoms with E-state index in [4.69, 9.17) is 5.11 Å². The standard InChI is InChI=1S/C10H10N2O5/c1-6(13)11-9(10(14)15)7-3-2-4-8(5-7)12(16)17/h2-5,9H,1H3,(H,11,13)(H,14,15)/t9-/m1/s1. The molecule has 0 heterocycles. The van der Waals surface area contributed by atoms with Crippen LogP contribution in [0.15, 0.2) is 24.3 Å². The molecule has 0 aliphatic carbocycles. The Morgan fingerprint density at radius 2 is 2.12 bits per heavy atom. The summed E-state index contributed by atoms with van der Waals surface area (Å²) in [6.45, 7) is 1.17. The van der Waals surface area contributed by atoms with Gasteiger partial charge in [0.05, 0.1) is 4.92 Å². The van der Waals surface area contributed by atoms with Gasteiger partial charge in [0, 0.05) is 19.1 Å². The summed E-state index contributed by atoms with van der Waals surface area (Å²) in [5.74, 6) is -1.80. The van der Waals surface area contributed by atoms with Crippen molar-refractivity contribution in [2.24, 2.45) is 0 Å². The van der Waals surface area contributed by atoms with Gasteiger partial charge in [-0.1, -0.05) is 12.1 Å². The number of carboxylic acid groups (broad SMARTS) is 1. The summed E-state index contributed by atoms with van der Waals surface area (Å²) in [7, 11) is 0. The number of rotatable bonds is 4. The average Bonchev–Trinajstić information content (AvgIpc) is 2.25. The third-order valence-electron chi connectivity index (χ3n) is 2.01. The molecule has 7 heteroatoms. The molecule has 7 nitrogen and oxygen atoms in total. The second kappa shape index (κ2) is 5.06. The van der Waals surface area contributed by atoms with E-state index in [1.54, 1.807) is 0 Å². The van der Waals surface area contributed by atoms with Crippen molar-refractivity contribution in [3.8, 4) is 0 Å². The Labute approximate surface area is 96.2 Å². The van der Waals surface area contributed by atoms with Crippen molar-refractivity contribution in [1.82, 2.24) is 5.32 Å². The van der Waals surface area contributed by atoms with Crippen LogP contribution in [0.1, 0.15) is 18.5 Å². The number of amides is 1. The molecule has 0 aliphatic heterocycles. The van der Waals surface area contributed by atoms with Crippen LogP contribution in [0.2, 0.25) is 0 Å². The molecule has 1 aromatic carbocycles. The quantitative estimate of drug-likeness (QED) is 0.597. The summed E-state index contributed by atoms with van der Waals surface area (Å²) in [4.78, 5) is 31.7. The maximum atomic E-state index is 10.9. The largest absolute Gasteiger partial charge is 0.479 e. The molecule has 1 atom stereocenters. The average molecular weight is 238 g/mol. The zero-order valence-electron chi connectivity index (χ0n) is 8.91. The van der Waals surface area contributed by atoms with E-state index >= 15 is 0 Å². The van der Waals surface area contributed by atoms with Gasteiger partial charge in [-0.2, -0.15) is 0 Å². The highest BCUT2D eigenvalue weighted by atomic mass is 16.6. The number of hydrogen-bond acceptors (Lipinski definition) is 4. The molecule has 0 aliphatic rings. The number of aliphatic carboxylic acids is 1. The van der Waals surface area contributed by atoms with Crippen molar-refractivity contribution in [3.05, 3.63) is 39.9 Å². The van der Waals surface area contributed by atoms with Crippen LogP contribution in [0, 0.1) is 10.1 Å². The second-order valence-electron chi connectivity index (χ2n) is 3.32. The van der Waals surface area contributed by atoms with Crippen molar-refractivity contribution >= 4 is 17.6 Å². The van der Waals surface area contributed by atoms with Gasteiger partial charge in [-0.3, -0.25) is 14.9 Å². The number of nitro benzene ring substituents is 1. The molecule has 0 fully saturated rings. The smallest absolute Gasteiger partial charge is 0.330 e.